The van der Waals surface area contributed by atoms with E-state index in [1.165, 1.54) is 0 Å². The van der Waals surface area contributed by atoms with Crippen LogP contribution in [0.5, 0.6) is 0 Å². The van der Waals surface area contributed by atoms with Gasteiger partial charge in [-0.25, -0.2) is 0 Å². The molecule has 0 aliphatic rings. The minimum absolute atomic E-state index is 0.772. The van der Waals surface area contributed by atoms with E-state index in [1.54, 1.807) is 0 Å². The molecule has 0 radical (unpaired) electrons. The highest BCUT2D eigenvalue weighted by Crippen LogP contribution is 2.11. The maximum Gasteiger partial charge on any atom is 0.0273 e. The highest BCUT2D eigenvalue weighted by atomic mass is 14.6. The third-order valence-corrected chi connectivity index (χ3v) is 1.80. The second-order valence-electron chi connectivity index (χ2n) is 2.90. The topological polar surface area (TPSA) is 12.4 Å². The van der Waals surface area contributed by atoms with E-state index in [-0.39, 0.29) is 0 Å². The van der Waals surface area contributed by atoms with Crippen molar-refractivity contribution in [2.24, 2.45) is 16.8 Å². The largest absolute Gasteiger partial charge is 0.301 e. The number of nitrogens with zero attached hydrogens (tertiary/aromatic N) is 1. The molecule has 0 saturated heterocycles. The van der Waals surface area contributed by atoms with Crippen molar-refractivity contribution in [1.29, 1.82) is 0 Å². The second-order valence-corrected chi connectivity index (χ2v) is 2.90. The van der Waals surface area contributed by atoms with Crippen LogP contribution in [0.25, 0.3) is 0 Å². The fourth-order valence-corrected chi connectivity index (χ4v) is 0.544. The van der Waals surface area contributed by atoms with Crippen molar-refractivity contribution >= 4 is 6.21 Å². The van der Waals surface area contributed by atoms with Crippen LogP contribution in [-0.4, -0.2) is 13.3 Å². The van der Waals surface area contributed by atoms with Gasteiger partial charge in [-0.2, -0.15) is 0 Å². The summed E-state index contributed by atoms with van der Waals surface area (Å²) >= 11 is 0. The fraction of sp³-hybridized carbons (Fsp3) is 0.875. The van der Waals surface area contributed by atoms with Gasteiger partial charge >= 0.3 is 0 Å². The van der Waals surface area contributed by atoms with E-state index >= 15 is 0 Å². The summed E-state index contributed by atoms with van der Waals surface area (Å²) in [4.78, 5) is 3.93. The summed E-state index contributed by atoms with van der Waals surface area (Å²) in [5.74, 6) is 1.55. The van der Waals surface area contributed by atoms with Gasteiger partial charge in [-0.05, 0) is 24.5 Å². The van der Waals surface area contributed by atoms with Gasteiger partial charge in [0.1, 0.15) is 0 Å². The van der Waals surface area contributed by atoms with Gasteiger partial charge in [-0.3, -0.25) is 0 Å². The Morgan fingerprint density at radius 1 is 1.33 bits per heavy atom. The molecule has 1 heteroatoms. The first-order chi connectivity index (χ1) is 4.18. The van der Waals surface area contributed by atoms with Crippen LogP contribution < -0.4 is 0 Å². The lowest BCUT2D eigenvalue weighted by atomic mass is 9.95. The van der Waals surface area contributed by atoms with Gasteiger partial charge in [0.05, 0.1) is 0 Å². The van der Waals surface area contributed by atoms with Crippen LogP contribution in [0.3, 0.4) is 0 Å². The molecule has 0 aliphatic heterocycles. The predicted octanol–water partition coefficient (Wildman–Crippen LogP) is 2.37. The zero-order valence-corrected chi connectivity index (χ0v) is 6.89. The van der Waals surface area contributed by atoms with Gasteiger partial charge in [-0.15, -0.1) is 0 Å². The van der Waals surface area contributed by atoms with E-state index in [0.29, 0.717) is 0 Å². The predicted molar refractivity (Wildman–Crippen MR) is 43.0 cm³/mol. The summed E-state index contributed by atoms with van der Waals surface area (Å²) in [5, 5.41) is 0. The fourth-order valence-electron chi connectivity index (χ4n) is 0.544. The molecule has 0 spiro atoms. The van der Waals surface area contributed by atoms with Gasteiger partial charge in [0.2, 0.25) is 0 Å². The molecule has 0 aliphatic carbocycles. The third kappa shape index (κ3) is 4.19. The Morgan fingerprint density at radius 3 is 2.22 bits per heavy atom. The summed E-state index contributed by atoms with van der Waals surface area (Å²) < 4.78 is 0. The Balaban J connectivity index is 3.38. The molecule has 0 rings (SSSR count). The summed E-state index contributed by atoms with van der Waals surface area (Å²) in [6.07, 6.45) is 3.11. The first-order valence-corrected chi connectivity index (χ1v) is 3.59. The third-order valence-electron chi connectivity index (χ3n) is 1.80. The molecule has 0 saturated carbocycles. The van der Waals surface area contributed by atoms with Crippen LogP contribution in [0.1, 0.15) is 27.2 Å². The van der Waals surface area contributed by atoms with E-state index < -0.39 is 0 Å². The molecule has 9 heavy (non-hydrogen) atoms. The van der Waals surface area contributed by atoms with Crippen LogP contribution in [0.2, 0.25) is 0 Å². The zero-order valence-electron chi connectivity index (χ0n) is 6.89. The summed E-state index contributed by atoms with van der Waals surface area (Å²) in [6.45, 7) is 6.74. The second kappa shape index (κ2) is 4.54. The smallest absolute Gasteiger partial charge is 0.0273 e. The number of hydrogen-bond acceptors (Lipinski definition) is 1. The summed E-state index contributed by atoms with van der Waals surface area (Å²) in [5.41, 5.74) is 0. The highest BCUT2D eigenvalue weighted by molar-refractivity contribution is 5.57. The minimum Gasteiger partial charge on any atom is -0.301 e. The molecular formula is C8H17N. The van der Waals surface area contributed by atoms with E-state index in [0.717, 1.165) is 18.3 Å². The maximum absolute atomic E-state index is 3.93. The first kappa shape index (κ1) is 8.67. The Bertz CT molecular complexity index is 84.6. The van der Waals surface area contributed by atoms with Gasteiger partial charge in [0.15, 0.2) is 0 Å². The van der Waals surface area contributed by atoms with E-state index in [1.807, 2.05) is 13.3 Å². The molecule has 0 bridgehead atoms. The average Bonchev–Trinajstić information content (AvgIpc) is 1.82. The van der Waals surface area contributed by atoms with E-state index in [2.05, 4.69) is 25.8 Å². The lowest BCUT2D eigenvalue weighted by molar-refractivity contribution is 0.436. The van der Waals surface area contributed by atoms with Gasteiger partial charge in [0, 0.05) is 7.05 Å². The molecular weight excluding hydrogens is 110 g/mol. The molecule has 0 aromatic rings. The Hall–Kier alpha value is -0.330. The molecule has 0 N–H and O–H groups in total. The van der Waals surface area contributed by atoms with Crippen LogP contribution in [0.4, 0.5) is 0 Å². The van der Waals surface area contributed by atoms with Gasteiger partial charge in [0.25, 0.3) is 0 Å². The zero-order chi connectivity index (χ0) is 7.28. The monoisotopic (exact) mass is 127 g/mol. The number of hydrogen-bond donors (Lipinski definition) is 0. The Kier molecular flexibility index (Phi) is 4.37. The van der Waals surface area contributed by atoms with Crippen molar-refractivity contribution < 1.29 is 0 Å². The lowest BCUT2D eigenvalue weighted by Gasteiger charge is -2.11. The first-order valence-electron chi connectivity index (χ1n) is 3.59. The van der Waals surface area contributed by atoms with Gasteiger partial charge < -0.3 is 4.99 Å². The van der Waals surface area contributed by atoms with Crippen molar-refractivity contribution in [3.05, 3.63) is 0 Å². The quantitative estimate of drug-likeness (QED) is 0.516. The number of rotatable bonds is 3. The van der Waals surface area contributed by atoms with Crippen LogP contribution >= 0.6 is 0 Å². The van der Waals surface area contributed by atoms with Crippen molar-refractivity contribution in [2.45, 2.75) is 27.2 Å². The van der Waals surface area contributed by atoms with Crippen LogP contribution in [0.15, 0.2) is 4.99 Å². The molecule has 54 valence electrons. The average molecular weight is 127 g/mol. The van der Waals surface area contributed by atoms with Crippen molar-refractivity contribution in [1.82, 2.24) is 0 Å². The Labute approximate surface area is 58.2 Å². The highest BCUT2D eigenvalue weighted by Gasteiger charge is 2.03. The molecule has 1 nitrogen and oxygen atoms in total. The van der Waals surface area contributed by atoms with Crippen molar-refractivity contribution in [2.75, 3.05) is 7.05 Å². The van der Waals surface area contributed by atoms with Gasteiger partial charge in [-0.1, -0.05) is 20.8 Å². The maximum atomic E-state index is 3.93. The van der Waals surface area contributed by atoms with Crippen molar-refractivity contribution in [3.63, 3.8) is 0 Å². The molecule has 0 amide bonds. The van der Waals surface area contributed by atoms with Crippen LogP contribution in [-0.2, 0) is 0 Å². The SMILES string of the molecule is CN=CCC(C)C(C)C. The number of aliphatic imine (C=N–C) groups is 1. The minimum atomic E-state index is 0.772. The van der Waals surface area contributed by atoms with E-state index in [4.69, 9.17) is 0 Å². The molecule has 1 unspecified atom stereocenters. The molecule has 1 atom stereocenters. The summed E-state index contributed by atoms with van der Waals surface area (Å²) in [6, 6.07) is 0. The van der Waals surface area contributed by atoms with Crippen molar-refractivity contribution in [3.8, 4) is 0 Å². The summed E-state index contributed by atoms with van der Waals surface area (Å²) in [7, 11) is 1.83. The molecule has 0 aromatic heterocycles. The normalized spacial score (nSPS) is 15.2. The molecule has 0 heterocycles. The Morgan fingerprint density at radius 2 is 1.89 bits per heavy atom. The molecule has 0 aromatic carbocycles. The molecule has 0 fully saturated rings. The van der Waals surface area contributed by atoms with E-state index in [9.17, 15) is 0 Å². The standard InChI is InChI=1S/C8H17N/c1-7(2)8(3)5-6-9-4/h6-8H,5H2,1-4H3. The lowest BCUT2D eigenvalue weighted by Crippen LogP contribution is -2.03. The van der Waals surface area contributed by atoms with Crippen LogP contribution in [0, 0.1) is 11.8 Å².